The summed E-state index contributed by atoms with van der Waals surface area (Å²) in [4.78, 5) is 26.1. The summed E-state index contributed by atoms with van der Waals surface area (Å²) in [5.41, 5.74) is -4.04. The molecule has 168 valence electrons. The van der Waals surface area contributed by atoms with E-state index in [1.165, 1.54) is 0 Å². The van der Waals surface area contributed by atoms with Crippen molar-refractivity contribution in [2.24, 2.45) is 29.0 Å². The number of rotatable bonds is 6. The molecule has 7 atom stereocenters. The third kappa shape index (κ3) is 5.16. The molecule has 3 aliphatic rings. The number of esters is 2. The molecule has 0 aromatic carbocycles. The van der Waals surface area contributed by atoms with Crippen LogP contribution in [0, 0.1) is 29.0 Å². The van der Waals surface area contributed by atoms with E-state index < -0.39 is 136 Å². The molecule has 0 spiro atoms. The Labute approximate surface area is 206 Å². The minimum atomic E-state index is -3.71. The normalized spacial score (nSPS) is 55.8. The highest BCUT2D eigenvalue weighted by atomic mass is 16.6. The average Bonchev–Trinajstić information content (AvgIpc) is 2.89. The lowest BCUT2D eigenvalue weighted by atomic mass is 9.65. The first-order valence-corrected chi connectivity index (χ1v) is 9.81. The first-order chi connectivity index (χ1) is 21.3. The third-order valence-corrected chi connectivity index (χ3v) is 5.55. The van der Waals surface area contributed by atoms with Gasteiger partial charge in [0.15, 0.2) is 0 Å². The van der Waals surface area contributed by atoms with Crippen LogP contribution in [0.5, 0.6) is 0 Å². The van der Waals surface area contributed by atoms with E-state index in [0.29, 0.717) is 0 Å². The SMILES string of the molecule is [2H]C1=C([2H])[C@]([2H])(C)[C@H](CCC2C[C@@H](O)C([2H])([2H])C(=O)O2)[C@@H]2C1=C([2H])[C@]([2H])(C([2H])([2H])[2H])C([2H])([2H])C2OC(=O)C(CC)(C([2H])([2H])[2H])C([2H])([2H])[2H]. The van der Waals surface area contributed by atoms with E-state index in [4.69, 9.17) is 34.1 Å². The molecule has 0 amide bonds. The summed E-state index contributed by atoms with van der Waals surface area (Å²) in [6.07, 6.45) is -14.0. The zero-order valence-corrected chi connectivity index (χ0v) is 16.8. The molecule has 0 aromatic heterocycles. The number of hydrogen-bond donors (Lipinski definition) is 1. The monoisotopic (exact) mass is 436 g/mol. The second kappa shape index (κ2) is 9.25. The standard InChI is InChI=1S/C25H38O5/c1-6-25(4,5)24(28)30-21-12-15(2)11-17-8-7-16(3)20(23(17)21)10-9-19-13-18(26)14-22(27)29-19/h7-8,11,15-16,18-21,23,26H,6,9-10,12-14H2,1-5H3/t15-,16-,18+,19?,20-,21?,23-/m0/s1/i2D3,4D3,5D3,7D,8D,11D,12D2,14D2,15D,16D. The Bertz CT molecular complexity index is 1360. The van der Waals surface area contributed by atoms with E-state index >= 15 is 0 Å². The van der Waals surface area contributed by atoms with Crippen molar-refractivity contribution < 1.29 is 48.8 Å². The second-order valence-electron chi connectivity index (χ2n) is 7.71. The lowest BCUT2D eigenvalue weighted by Gasteiger charge is -2.44. The summed E-state index contributed by atoms with van der Waals surface area (Å²) in [6, 6.07) is -3.03. The van der Waals surface area contributed by atoms with Crippen molar-refractivity contribution in [3.63, 3.8) is 0 Å². The Morgan fingerprint density at radius 2 is 2.30 bits per heavy atom. The van der Waals surface area contributed by atoms with Crippen molar-refractivity contribution in [3.8, 4) is 0 Å². The second-order valence-corrected chi connectivity index (χ2v) is 7.71. The molecule has 0 radical (unpaired) electrons. The third-order valence-electron chi connectivity index (χ3n) is 5.55. The molecule has 1 fully saturated rings. The maximum Gasteiger partial charge on any atom is 0.311 e. The number of ether oxygens (including phenoxy) is 2. The van der Waals surface area contributed by atoms with Gasteiger partial charge in [0.05, 0.1) is 22.0 Å². The van der Waals surface area contributed by atoms with Crippen molar-refractivity contribution in [3.05, 3.63) is 23.7 Å². The molecule has 0 aromatic rings. The van der Waals surface area contributed by atoms with Crippen LogP contribution in [0.1, 0.15) is 97.5 Å². The van der Waals surface area contributed by atoms with Gasteiger partial charge in [0, 0.05) is 32.9 Å². The number of carbonyl (C=O) groups excluding carboxylic acids is 2. The smallest absolute Gasteiger partial charge is 0.311 e. The number of hydrogen-bond acceptors (Lipinski definition) is 5. The molecule has 1 aliphatic heterocycles. The van der Waals surface area contributed by atoms with Gasteiger partial charge >= 0.3 is 11.9 Å². The summed E-state index contributed by atoms with van der Waals surface area (Å²) in [7, 11) is 0. The molecule has 0 bridgehead atoms. The minimum Gasteiger partial charge on any atom is -0.462 e. The predicted molar refractivity (Wildman–Crippen MR) is 115 cm³/mol. The largest absolute Gasteiger partial charge is 0.462 e. The van der Waals surface area contributed by atoms with Gasteiger partial charge < -0.3 is 14.6 Å². The minimum absolute atomic E-state index is 0.297. The van der Waals surface area contributed by atoms with Crippen molar-refractivity contribution >= 4 is 11.9 Å². The molecule has 5 nitrogen and oxygen atoms in total. The van der Waals surface area contributed by atoms with Crippen molar-refractivity contribution in [2.45, 2.75) is 91.1 Å². The fourth-order valence-corrected chi connectivity index (χ4v) is 3.77. The number of aliphatic hydroxyl groups is 1. The molecule has 3 rings (SSSR count). The predicted octanol–water partition coefficient (Wildman–Crippen LogP) is 4.59. The fraction of sp³-hybridized carbons (Fsp3) is 0.760. The van der Waals surface area contributed by atoms with Crippen LogP contribution in [0.4, 0.5) is 0 Å². The Morgan fingerprint density at radius 3 is 2.97 bits per heavy atom. The van der Waals surface area contributed by atoms with Gasteiger partial charge in [0.2, 0.25) is 0 Å². The Kier molecular flexibility index (Phi) is 2.80. The van der Waals surface area contributed by atoms with Crippen LogP contribution in [-0.2, 0) is 19.1 Å². The molecule has 2 unspecified atom stereocenters. The molecule has 2 aliphatic carbocycles. The maximum atomic E-state index is 13.9. The quantitative estimate of drug-likeness (QED) is 0.617. The van der Waals surface area contributed by atoms with Crippen LogP contribution in [0.25, 0.3) is 0 Å². The van der Waals surface area contributed by atoms with Gasteiger partial charge in [-0.15, -0.1) is 0 Å². The Balaban J connectivity index is 2.32. The van der Waals surface area contributed by atoms with E-state index in [1.54, 1.807) is 0 Å². The van der Waals surface area contributed by atoms with Crippen LogP contribution >= 0.6 is 0 Å². The first-order valence-electron chi connectivity index (χ1n) is 18.8. The molecule has 5 heteroatoms. The van der Waals surface area contributed by atoms with Gasteiger partial charge in [0.1, 0.15) is 12.2 Å². The zero-order chi connectivity index (χ0) is 37.6. The van der Waals surface area contributed by atoms with E-state index in [9.17, 15) is 14.7 Å². The van der Waals surface area contributed by atoms with Crippen LogP contribution in [0.3, 0.4) is 0 Å². The number of allylic oxidation sites excluding steroid dienone is 3. The highest BCUT2D eigenvalue weighted by Gasteiger charge is 2.43. The number of fused-ring (bicyclic) bond motifs is 1. The highest BCUT2D eigenvalue weighted by Crippen LogP contribution is 2.45. The van der Waals surface area contributed by atoms with Crippen LogP contribution in [-0.4, -0.2) is 35.4 Å². The zero-order valence-electron chi connectivity index (χ0n) is 34.8. The van der Waals surface area contributed by atoms with E-state index in [0.717, 1.165) is 13.8 Å². The maximum absolute atomic E-state index is 13.9. The Morgan fingerprint density at radius 1 is 1.50 bits per heavy atom. The summed E-state index contributed by atoms with van der Waals surface area (Å²) in [5, 5.41) is 10.2. The van der Waals surface area contributed by atoms with Gasteiger partial charge in [-0.05, 0) is 62.6 Å². The summed E-state index contributed by atoms with van der Waals surface area (Å²) in [5.74, 6) is -12.6. The van der Waals surface area contributed by atoms with Crippen molar-refractivity contribution in [1.82, 2.24) is 0 Å². The van der Waals surface area contributed by atoms with Gasteiger partial charge in [-0.25, -0.2) is 0 Å². The average molecular weight is 437 g/mol. The summed E-state index contributed by atoms with van der Waals surface area (Å²) in [6.45, 7) is -8.71. The van der Waals surface area contributed by atoms with Gasteiger partial charge in [-0.1, -0.05) is 38.9 Å². The van der Waals surface area contributed by atoms with E-state index in [1.807, 2.05) is 0 Å². The van der Waals surface area contributed by atoms with E-state index in [2.05, 4.69) is 0 Å². The highest BCUT2D eigenvalue weighted by molar-refractivity contribution is 5.76. The molecule has 1 saturated heterocycles. The molecule has 1 heterocycles. The van der Waals surface area contributed by atoms with Crippen LogP contribution < -0.4 is 0 Å². The summed E-state index contributed by atoms with van der Waals surface area (Å²) < 4.78 is 160. The molecule has 1 N–H and O–H groups in total. The molecular weight excluding hydrogens is 380 g/mol. The van der Waals surface area contributed by atoms with Gasteiger partial charge in [-0.2, -0.15) is 0 Å². The molecule has 0 saturated carbocycles. The number of carbonyl (C=O) groups is 2. The first kappa shape index (κ1) is 9.09. The van der Waals surface area contributed by atoms with Crippen LogP contribution in [0.15, 0.2) is 23.7 Å². The van der Waals surface area contributed by atoms with Crippen molar-refractivity contribution in [2.75, 3.05) is 0 Å². The number of aliphatic hydroxyl groups excluding tert-OH is 1. The van der Waals surface area contributed by atoms with Crippen LogP contribution in [0.2, 0.25) is 0 Å². The number of cyclic esters (lactones) is 1. The molecule has 30 heavy (non-hydrogen) atoms. The summed E-state index contributed by atoms with van der Waals surface area (Å²) >= 11 is 0. The van der Waals surface area contributed by atoms with Gasteiger partial charge in [-0.3, -0.25) is 9.59 Å². The Hall–Kier alpha value is -1.62. The lowest BCUT2D eigenvalue weighted by Crippen LogP contribution is -2.43. The fourth-order valence-electron chi connectivity index (χ4n) is 3.77. The molecular formula is C25H38O5. The van der Waals surface area contributed by atoms with Crippen molar-refractivity contribution in [1.29, 1.82) is 0 Å². The van der Waals surface area contributed by atoms with E-state index in [-0.39, 0.29) is 6.42 Å². The lowest BCUT2D eigenvalue weighted by molar-refractivity contribution is -0.166. The van der Waals surface area contributed by atoms with Gasteiger partial charge in [0.25, 0.3) is 0 Å². The topological polar surface area (TPSA) is 72.8 Å².